The highest BCUT2D eigenvalue weighted by Gasteiger charge is 2.14. The zero-order valence-electron chi connectivity index (χ0n) is 11.5. The number of methoxy groups -OCH3 is 1. The van der Waals surface area contributed by atoms with Gasteiger partial charge in [0, 0.05) is 26.1 Å². The number of carbonyl (C=O) groups is 1. The van der Waals surface area contributed by atoms with Crippen molar-refractivity contribution >= 4 is 5.91 Å². The number of hydrogen-bond acceptors (Lipinski definition) is 2. The van der Waals surface area contributed by atoms with Gasteiger partial charge >= 0.3 is 0 Å². The number of nitrogens with zero attached hydrogens (tertiary/aromatic N) is 1. The first kappa shape index (κ1) is 13.6. The first-order chi connectivity index (χ1) is 7.88. The molecule has 0 spiro atoms. The lowest BCUT2D eigenvalue weighted by molar-refractivity contribution is -0.128. The summed E-state index contributed by atoms with van der Waals surface area (Å²) in [5.41, 5.74) is 4.62. The topological polar surface area (TPSA) is 29.5 Å². The summed E-state index contributed by atoms with van der Waals surface area (Å²) in [4.78, 5) is 13.0. The van der Waals surface area contributed by atoms with E-state index in [0.29, 0.717) is 6.54 Å². The molecule has 0 bridgehead atoms. The zero-order chi connectivity index (χ0) is 13.2. The average Bonchev–Trinajstić information content (AvgIpc) is 2.26. The van der Waals surface area contributed by atoms with Crippen LogP contribution in [0, 0.1) is 20.8 Å². The van der Waals surface area contributed by atoms with Gasteiger partial charge in [0.1, 0.15) is 5.75 Å². The van der Waals surface area contributed by atoms with E-state index in [0.717, 1.165) is 22.4 Å². The second-order valence-electron chi connectivity index (χ2n) is 4.52. The molecule has 0 radical (unpaired) electrons. The van der Waals surface area contributed by atoms with Gasteiger partial charge in [0.2, 0.25) is 5.91 Å². The molecule has 1 aromatic rings. The molecule has 1 amide bonds. The minimum absolute atomic E-state index is 0.0599. The fourth-order valence-corrected chi connectivity index (χ4v) is 1.93. The smallest absolute Gasteiger partial charge is 0.219 e. The van der Waals surface area contributed by atoms with Gasteiger partial charge in [-0.05, 0) is 37.5 Å². The highest BCUT2D eigenvalue weighted by Crippen LogP contribution is 2.30. The summed E-state index contributed by atoms with van der Waals surface area (Å²) >= 11 is 0. The van der Waals surface area contributed by atoms with Crippen molar-refractivity contribution in [3.63, 3.8) is 0 Å². The fourth-order valence-electron chi connectivity index (χ4n) is 1.93. The van der Waals surface area contributed by atoms with Crippen molar-refractivity contribution in [1.29, 1.82) is 0 Å². The predicted octanol–water partition coefficient (Wildman–Crippen LogP) is 2.60. The third-order valence-electron chi connectivity index (χ3n) is 3.25. The third kappa shape index (κ3) is 2.78. The molecule has 3 heteroatoms. The van der Waals surface area contributed by atoms with E-state index in [9.17, 15) is 4.79 Å². The number of hydrogen-bond donors (Lipinski definition) is 0. The molecule has 0 atom stereocenters. The molecule has 0 aliphatic carbocycles. The second-order valence-corrected chi connectivity index (χ2v) is 4.52. The lowest BCUT2D eigenvalue weighted by Gasteiger charge is -2.21. The Hall–Kier alpha value is -1.51. The van der Waals surface area contributed by atoms with Crippen LogP contribution in [-0.4, -0.2) is 25.0 Å². The highest BCUT2D eigenvalue weighted by molar-refractivity contribution is 5.73. The van der Waals surface area contributed by atoms with E-state index in [1.165, 1.54) is 5.56 Å². The normalized spacial score (nSPS) is 10.2. The molecule has 1 rings (SSSR count). The van der Waals surface area contributed by atoms with E-state index in [1.54, 1.807) is 26.0 Å². The van der Waals surface area contributed by atoms with Crippen LogP contribution >= 0.6 is 0 Å². The first-order valence-electron chi connectivity index (χ1n) is 5.73. The van der Waals surface area contributed by atoms with Crippen molar-refractivity contribution in [3.05, 3.63) is 28.3 Å². The van der Waals surface area contributed by atoms with E-state index in [1.807, 2.05) is 6.92 Å². The molecule has 0 saturated heterocycles. The summed E-state index contributed by atoms with van der Waals surface area (Å²) in [6.45, 7) is 8.33. The third-order valence-corrected chi connectivity index (χ3v) is 3.25. The molecule has 0 saturated carbocycles. The largest absolute Gasteiger partial charge is 0.496 e. The molecule has 0 N–H and O–H groups in total. The van der Waals surface area contributed by atoms with Gasteiger partial charge < -0.3 is 9.64 Å². The number of benzene rings is 1. The summed E-state index contributed by atoms with van der Waals surface area (Å²) in [6.07, 6.45) is 0. The average molecular weight is 235 g/mol. The maximum absolute atomic E-state index is 11.3. The van der Waals surface area contributed by atoms with Gasteiger partial charge in [0.05, 0.1) is 7.11 Å². The van der Waals surface area contributed by atoms with Gasteiger partial charge in [-0.3, -0.25) is 4.79 Å². The van der Waals surface area contributed by atoms with Crippen LogP contribution in [-0.2, 0) is 11.3 Å². The van der Waals surface area contributed by atoms with Gasteiger partial charge in [-0.25, -0.2) is 0 Å². The van der Waals surface area contributed by atoms with Crippen LogP contribution in [0.3, 0.4) is 0 Å². The summed E-state index contributed by atoms with van der Waals surface area (Å²) in [5, 5.41) is 0. The molecule has 0 aromatic heterocycles. The molecular formula is C14H21NO2. The molecule has 0 aliphatic heterocycles. The molecule has 94 valence electrons. The number of carbonyl (C=O) groups excluding carboxylic acids is 1. The molecule has 1 aromatic carbocycles. The monoisotopic (exact) mass is 235 g/mol. The number of aryl methyl sites for hydroxylation is 2. The molecule has 0 unspecified atom stereocenters. The predicted molar refractivity (Wildman–Crippen MR) is 69.4 cm³/mol. The van der Waals surface area contributed by atoms with E-state index in [-0.39, 0.29) is 5.91 Å². The van der Waals surface area contributed by atoms with Crippen LogP contribution in [0.15, 0.2) is 6.07 Å². The summed E-state index contributed by atoms with van der Waals surface area (Å²) in [5.74, 6) is 0.959. The van der Waals surface area contributed by atoms with Crippen molar-refractivity contribution in [2.24, 2.45) is 0 Å². The van der Waals surface area contributed by atoms with Crippen LogP contribution in [0.25, 0.3) is 0 Å². The summed E-state index contributed by atoms with van der Waals surface area (Å²) in [6, 6.07) is 2.14. The van der Waals surface area contributed by atoms with Gasteiger partial charge in [-0.15, -0.1) is 0 Å². The van der Waals surface area contributed by atoms with E-state index < -0.39 is 0 Å². The maximum Gasteiger partial charge on any atom is 0.219 e. The van der Waals surface area contributed by atoms with Gasteiger partial charge in [-0.1, -0.05) is 6.07 Å². The Kier molecular flexibility index (Phi) is 4.16. The van der Waals surface area contributed by atoms with Gasteiger partial charge in [0.25, 0.3) is 0 Å². The van der Waals surface area contributed by atoms with Crippen LogP contribution < -0.4 is 4.74 Å². The SMILES string of the molecule is COc1c(C)c(C)cc(C)c1CN(C)C(C)=O. The van der Waals surface area contributed by atoms with Crippen molar-refractivity contribution in [2.45, 2.75) is 34.2 Å². The second kappa shape index (κ2) is 5.21. The Labute approximate surface area is 103 Å². The van der Waals surface area contributed by atoms with Crippen molar-refractivity contribution in [2.75, 3.05) is 14.2 Å². The first-order valence-corrected chi connectivity index (χ1v) is 5.73. The summed E-state index contributed by atoms with van der Waals surface area (Å²) < 4.78 is 5.48. The van der Waals surface area contributed by atoms with Gasteiger partial charge in [0.15, 0.2) is 0 Å². The number of amides is 1. The Balaban J connectivity index is 3.22. The zero-order valence-corrected chi connectivity index (χ0v) is 11.5. The van der Waals surface area contributed by atoms with Crippen LogP contribution in [0.5, 0.6) is 5.75 Å². The Morgan fingerprint density at radius 2 is 1.88 bits per heavy atom. The van der Waals surface area contributed by atoms with E-state index >= 15 is 0 Å². The van der Waals surface area contributed by atoms with Gasteiger partial charge in [-0.2, -0.15) is 0 Å². The lowest BCUT2D eigenvalue weighted by atomic mass is 9.98. The Morgan fingerprint density at radius 3 is 2.35 bits per heavy atom. The Bertz CT molecular complexity index is 438. The molecular weight excluding hydrogens is 214 g/mol. The van der Waals surface area contributed by atoms with Crippen LogP contribution in [0.4, 0.5) is 0 Å². The minimum Gasteiger partial charge on any atom is -0.496 e. The van der Waals surface area contributed by atoms with Crippen molar-refractivity contribution in [3.8, 4) is 5.75 Å². The number of ether oxygens (including phenoxy) is 1. The maximum atomic E-state index is 11.3. The quantitative estimate of drug-likeness (QED) is 0.806. The van der Waals surface area contributed by atoms with E-state index in [2.05, 4.69) is 19.9 Å². The molecule has 0 heterocycles. The number of rotatable bonds is 3. The standard InChI is InChI=1S/C14H21NO2/c1-9-7-10(2)13(8-15(5)12(4)16)14(17-6)11(9)3/h7H,8H2,1-6H3. The molecule has 0 fully saturated rings. The minimum atomic E-state index is 0.0599. The van der Waals surface area contributed by atoms with Crippen molar-refractivity contribution in [1.82, 2.24) is 4.90 Å². The molecule has 17 heavy (non-hydrogen) atoms. The fraction of sp³-hybridized carbons (Fsp3) is 0.500. The van der Waals surface area contributed by atoms with Crippen molar-refractivity contribution < 1.29 is 9.53 Å². The Morgan fingerprint density at radius 1 is 1.29 bits per heavy atom. The van der Waals surface area contributed by atoms with Crippen LogP contribution in [0.1, 0.15) is 29.2 Å². The van der Waals surface area contributed by atoms with E-state index in [4.69, 9.17) is 4.74 Å². The molecule has 3 nitrogen and oxygen atoms in total. The van der Waals surface area contributed by atoms with Crippen LogP contribution in [0.2, 0.25) is 0 Å². The highest BCUT2D eigenvalue weighted by atomic mass is 16.5. The summed E-state index contributed by atoms with van der Waals surface area (Å²) in [7, 11) is 3.48. The molecule has 0 aliphatic rings. The lowest BCUT2D eigenvalue weighted by Crippen LogP contribution is -2.24.